The molecule has 6 aromatic carbocycles. The van der Waals surface area contributed by atoms with Gasteiger partial charge in [0.05, 0.1) is 32.5 Å². The maximum atomic E-state index is 12.3. The Labute approximate surface area is 398 Å². The highest BCUT2D eigenvalue weighted by atomic mass is 16.5. The third-order valence-corrected chi connectivity index (χ3v) is 11.5. The Hall–Kier alpha value is -6.19. The van der Waals surface area contributed by atoms with Crippen molar-refractivity contribution in [1.29, 1.82) is 0 Å². The Kier molecular flexibility index (Phi) is 19.1. The minimum Gasteiger partial charge on any atom is -0.497 e. The highest BCUT2D eigenvalue weighted by Crippen LogP contribution is 2.29. The summed E-state index contributed by atoms with van der Waals surface area (Å²) in [5.41, 5.74) is 7.94. The fourth-order valence-electron chi connectivity index (χ4n) is 7.03. The van der Waals surface area contributed by atoms with Gasteiger partial charge in [0, 0.05) is 36.0 Å². The van der Waals surface area contributed by atoms with Gasteiger partial charge in [-0.3, -0.25) is 14.4 Å². The van der Waals surface area contributed by atoms with Crippen molar-refractivity contribution in [2.45, 2.75) is 116 Å². The van der Waals surface area contributed by atoms with Crippen molar-refractivity contribution in [3.63, 3.8) is 0 Å². The van der Waals surface area contributed by atoms with Gasteiger partial charge in [-0.1, -0.05) is 178 Å². The molecule has 0 aliphatic carbocycles. The van der Waals surface area contributed by atoms with Crippen LogP contribution in [-0.2, 0) is 16.2 Å². The van der Waals surface area contributed by atoms with Crippen molar-refractivity contribution in [3.8, 4) is 11.5 Å². The van der Waals surface area contributed by atoms with Crippen molar-refractivity contribution < 1.29 is 39.2 Å². The second-order valence-corrected chi connectivity index (χ2v) is 19.9. The van der Waals surface area contributed by atoms with Gasteiger partial charge in [0.2, 0.25) is 0 Å². The summed E-state index contributed by atoms with van der Waals surface area (Å²) in [6.45, 7) is 19.3. The first kappa shape index (κ1) is 53.4. The van der Waals surface area contributed by atoms with E-state index < -0.39 is 18.3 Å². The van der Waals surface area contributed by atoms with E-state index in [9.17, 15) is 29.7 Å². The number of hydrogen-bond donors (Lipinski definition) is 3. The number of rotatable bonds is 14. The molecule has 3 atom stereocenters. The minimum atomic E-state index is -0.810. The zero-order chi connectivity index (χ0) is 49.5. The van der Waals surface area contributed by atoms with Gasteiger partial charge >= 0.3 is 0 Å². The van der Waals surface area contributed by atoms with Crippen LogP contribution in [0.1, 0.15) is 164 Å². The second-order valence-electron chi connectivity index (χ2n) is 19.9. The van der Waals surface area contributed by atoms with E-state index in [1.165, 1.54) is 16.7 Å². The first-order valence-corrected chi connectivity index (χ1v) is 22.8. The van der Waals surface area contributed by atoms with Crippen molar-refractivity contribution in [3.05, 3.63) is 202 Å². The highest BCUT2D eigenvalue weighted by Gasteiger charge is 2.20. The lowest BCUT2D eigenvalue weighted by atomic mass is 9.86. The van der Waals surface area contributed by atoms with Crippen molar-refractivity contribution >= 4 is 17.3 Å². The van der Waals surface area contributed by atoms with E-state index in [0.717, 1.165) is 16.9 Å². The van der Waals surface area contributed by atoms with Crippen LogP contribution in [0.25, 0.3) is 0 Å². The van der Waals surface area contributed by atoms with Crippen LogP contribution in [0.3, 0.4) is 0 Å². The van der Waals surface area contributed by atoms with E-state index in [-0.39, 0.29) is 52.9 Å². The van der Waals surface area contributed by atoms with Crippen LogP contribution in [0.15, 0.2) is 152 Å². The minimum absolute atomic E-state index is 0.0389. The summed E-state index contributed by atoms with van der Waals surface area (Å²) in [4.78, 5) is 36.7. The van der Waals surface area contributed by atoms with Gasteiger partial charge in [-0.15, -0.1) is 0 Å². The average Bonchev–Trinajstić information content (AvgIpc) is 3.31. The van der Waals surface area contributed by atoms with Crippen molar-refractivity contribution in [2.24, 2.45) is 0 Å². The molecule has 0 saturated carbocycles. The fraction of sp³-hybridized carbons (Fsp3) is 0.339. The molecule has 3 N–H and O–H groups in total. The number of hydrogen-bond acceptors (Lipinski definition) is 8. The molecule has 0 spiro atoms. The third kappa shape index (κ3) is 16.6. The van der Waals surface area contributed by atoms with Crippen LogP contribution < -0.4 is 9.47 Å². The number of ether oxygens (including phenoxy) is 2. The smallest absolute Gasteiger partial charge is 0.165 e. The van der Waals surface area contributed by atoms with E-state index in [1.54, 1.807) is 74.9 Å². The molecule has 6 rings (SSSR count). The molecule has 0 amide bonds. The van der Waals surface area contributed by atoms with Gasteiger partial charge in [-0.05, 0) is 86.0 Å². The van der Waals surface area contributed by atoms with E-state index >= 15 is 0 Å². The molecule has 3 unspecified atom stereocenters. The van der Waals surface area contributed by atoms with Crippen LogP contribution >= 0.6 is 0 Å². The Morgan fingerprint density at radius 3 is 0.896 bits per heavy atom. The number of Topliss-reactive ketones (excluding diaryl/α,β-unsaturated/α-hetero) is 3. The molecule has 0 aromatic heterocycles. The summed E-state index contributed by atoms with van der Waals surface area (Å²) in [5.74, 6) is 1.25. The normalized spacial score (nSPS) is 12.8. The number of ketones is 3. The van der Waals surface area contributed by atoms with Gasteiger partial charge in [0.15, 0.2) is 17.3 Å². The lowest BCUT2D eigenvalue weighted by Crippen LogP contribution is -2.12. The predicted octanol–water partition coefficient (Wildman–Crippen LogP) is 12.9. The second kappa shape index (κ2) is 24.0. The molecule has 0 aliphatic rings. The fourth-order valence-corrected chi connectivity index (χ4v) is 7.03. The summed E-state index contributed by atoms with van der Waals surface area (Å²) in [7, 11) is 3.18. The molecule has 0 aliphatic heterocycles. The molecule has 8 heteroatoms. The van der Waals surface area contributed by atoms with Crippen LogP contribution in [0.4, 0.5) is 0 Å². The molecule has 8 nitrogen and oxygen atoms in total. The molecule has 6 aromatic rings. The maximum absolute atomic E-state index is 12.3. The molecule has 67 heavy (non-hydrogen) atoms. The van der Waals surface area contributed by atoms with E-state index in [0.29, 0.717) is 28.0 Å². The number of methoxy groups -OCH3 is 2. The molecule has 354 valence electrons. The van der Waals surface area contributed by atoms with Gasteiger partial charge in [0.25, 0.3) is 0 Å². The quantitative estimate of drug-likeness (QED) is 0.0921. The first-order chi connectivity index (χ1) is 31.5. The summed E-state index contributed by atoms with van der Waals surface area (Å²) in [6.07, 6.45) is -2.11. The number of benzene rings is 6. The Bertz CT molecular complexity index is 2450. The van der Waals surface area contributed by atoms with Gasteiger partial charge in [-0.25, -0.2) is 0 Å². The van der Waals surface area contributed by atoms with E-state index in [2.05, 4.69) is 62.3 Å². The Morgan fingerprint density at radius 1 is 0.373 bits per heavy atom. The first-order valence-electron chi connectivity index (χ1n) is 22.8. The molecular weight excluding hydrogens is 837 g/mol. The number of carbonyl (C=O) groups is 3. The number of aliphatic hydroxyl groups excluding tert-OH is 3. The topological polar surface area (TPSA) is 130 Å². The summed E-state index contributed by atoms with van der Waals surface area (Å²) >= 11 is 0. The predicted molar refractivity (Wildman–Crippen MR) is 270 cm³/mol. The average molecular weight is 907 g/mol. The molecular formula is C59H70O8. The van der Waals surface area contributed by atoms with E-state index in [1.807, 2.05) is 91.0 Å². The zero-order valence-corrected chi connectivity index (χ0v) is 41.2. The van der Waals surface area contributed by atoms with Gasteiger partial charge in [-0.2, -0.15) is 0 Å². The SMILES string of the molecule is CC(C)(C)c1ccc(C(O)CC(=O)c2ccccc2)cc1.COc1ccc(C(=O)CC(O)c2ccc(C(C)(C)C)cc2)cc1.COc1ccc(C(O)CC(=O)c2ccc(C(C)(C)C)cc2)cc1. The Morgan fingerprint density at radius 2 is 0.612 bits per heavy atom. The molecule has 0 fully saturated rings. The molecule has 0 heterocycles. The third-order valence-electron chi connectivity index (χ3n) is 11.5. The van der Waals surface area contributed by atoms with Crippen molar-refractivity contribution in [2.75, 3.05) is 14.2 Å². The molecule has 0 saturated heterocycles. The van der Waals surface area contributed by atoms with Crippen LogP contribution in [-0.4, -0.2) is 46.9 Å². The maximum Gasteiger partial charge on any atom is 0.165 e. The van der Waals surface area contributed by atoms with Crippen LogP contribution in [0.5, 0.6) is 11.5 Å². The standard InChI is InChI=1S/2C20H24O3.C19H22O2/c2*1-20(2,3)16-9-5-14(6-10-16)18(21)13-19(22)15-7-11-17(23-4)12-8-15;1-19(2,3)16-11-9-15(10-12-16)18(21)13-17(20)14-7-5-4-6-8-14/h5-12,19,22H,13H2,1-4H3;5-12,18,21H,13H2,1-4H3;4-12,18,21H,13H2,1-3H3. The molecule has 0 radical (unpaired) electrons. The summed E-state index contributed by atoms with van der Waals surface area (Å²) in [5, 5.41) is 30.8. The molecule has 0 bridgehead atoms. The summed E-state index contributed by atoms with van der Waals surface area (Å²) in [6, 6.07) is 46.4. The highest BCUT2D eigenvalue weighted by molar-refractivity contribution is 5.97. The zero-order valence-electron chi connectivity index (χ0n) is 41.2. The lowest BCUT2D eigenvalue weighted by molar-refractivity contribution is 0.0869. The van der Waals surface area contributed by atoms with Gasteiger partial charge < -0.3 is 24.8 Å². The van der Waals surface area contributed by atoms with Gasteiger partial charge in [0.1, 0.15) is 11.5 Å². The summed E-state index contributed by atoms with van der Waals surface area (Å²) < 4.78 is 10.2. The van der Waals surface area contributed by atoms with E-state index in [4.69, 9.17) is 9.47 Å². The monoisotopic (exact) mass is 907 g/mol. The number of aliphatic hydroxyl groups is 3. The largest absolute Gasteiger partial charge is 0.497 e. The van der Waals surface area contributed by atoms with Crippen molar-refractivity contribution in [1.82, 2.24) is 0 Å². The number of carbonyl (C=O) groups excluding carboxylic acids is 3. The van der Waals surface area contributed by atoms with Crippen LogP contribution in [0.2, 0.25) is 0 Å². The lowest BCUT2D eigenvalue weighted by Gasteiger charge is -2.20. The van der Waals surface area contributed by atoms with Crippen LogP contribution in [0, 0.1) is 0 Å². The Balaban J connectivity index is 0.000000220.